The van der Waals surface area contributed by atoms with Gasteiger partial charge in [-0.2, -0.15) is 0 Å². The molecule has 1 aliphatic carbocycles. The Hall–Kier alpha value is -3.15. The number of fused-ring (bicyclic) bond motifs is 1. The van der Waals surface area contributed by atoms with Gasteiger partial charge in [0.15, 0.2) is 0 Å². The predicted molar refractivity (Wildman–Crippen MR) is 118 cm³/mol. The summed E-state index contributed by atoms with van der Waals surface area (Å²) in [7, 11) is 0. The number of amides is 3. The van der Waals surface area contributed by atoms with Gasteiger partial charge in [-0.1, -0.05) is 48.5 Å². The first kappa shape index (κ1) is 21.1. The molecule has 0 radical (unpaired) electrons. The first-order valence-electron chi connectivity index (χ1n) is 11.0. The van der Waals surface area contributed by atoms with Crippen molar-refractivity contribution in [2.45, 2.75) is 32.4 Å². The molecule has 1 N–H and O–H groups in total. The summed E-state index contributed by atoms with van der Waals surface area (Å²) in [6.45, 7) is 3.79. The SMILES string of the molecule is CCN(Cc1ccccc1)C(=O)[C@H]1C[C@@H]2CN(C(=O)c3ccccc3)CC(=O)N[C@@H]2C1. The molecule has 0 aromatic heterocycles. The maximum absolute atomic E-state index is 13.3. The molecule has 6 nitrogen and oxygen atoms in total. The maximum atomic E-state index is 13.3. The molecule has 2 aromatic carbocycles. The number of nitrogens with zero attached hydrogens (tertiary/aromatic N) is 2. The highest BCUT2D eigenvalue weighted by Gasteiger charge is 2.43. The van der Waals surface area contributed by atoms with E-state index in [9.17, 15) is 14.4 Å². The van der Waals surface area contributed by atoms with E-state index in [4.69, 9.17) is 0 Å². The summed E-state index contributed by atoms with van der Waals surface area (Å²) in [5, 5.41) is 3.07. The van der Waals surface area contributed by atoms with Crippen molar-refractivity contribution in [3.63, 3.8) is 0 Å². The van der Waals surface area contributed by atoms with Crippen molar-refractivity contribution in [2.75, 3.05) is 19.6 Å². The molecule has 162 valence electrons. The Morgan fingerprint density at radius 1 is 1.03 bits per heavy atom. The van der Waals surface area contributed by atoms with Crippen LogP contribution in [0.4, 0.5) is 0 Å². The zero-order valence-electron chi connectivity index (χ0n) is 17.9. The number of carbonyl (C=O) groups excluding carboxylic acids is 3. The molecule has 2 fully saturated rings. The van der Waals surface area contributed by atoms with E-state index in [1.165, 1.54) is 0 Å². The van der Waals surface area contributed by atoms with Crippen LogP contribution in [0.3, 0.4) is 0 Å². The minimum Gasteiger partial charge on any atom is -0.351 e. The van der Waals surface area contributed by atoms with Gasteiger partial charge in [-0.25, -0.2) is 0 Å². The fourth-order valence-electron chi connectivity index (χ4n) is 4.80. The average Bonchev–Trinajstić information content (AvgIpc) is 3.12. The van der Waals surface area contributed by atoms with Gasteiger partial charge in [-0.05, 0) is 43.4 Å². The molecule has 4 rings (SSSR count). The quantitative estimate of drug-likeness (QED) is 0.810. The Bertz CT molecular complexity index is 932. The second-order valence-corrected chi connectivity index (χ2v) is 8.49. The summed E-state index contributed by atoms with van der Waals surface area (Å²) in [4.78, 5) is 42.2. The molecule has 2 aliphatic rings. The standard InChI is InChI=1S/C25H29N3O3/c1-2-27(15-18-9-5-3-6-10-18)25(31)20-13-21-16-28(17-23(29)26-22(21)14-20)24(30)19-11-7-4-8-12-19/h3-12,20-22H,2,13-17H2,1H3,(H,26,29)/t20-,21+,22+/m0/s1. The van der Waals surface area contributed by atoms with Gasteiger partial charge < -0.3 is 15.1 Å². The minimum absolute atomic E-state index is 0.0639. The normalized spacial score (nSPS) is 22.9. The molecule has 6 heteroatoms. The van der Waals surface area contributed by atoms with Crippen LogP contribution in [0.25, 0.3) is 0 Å². The van der Waals surface area contributed by atoms with Crippen molar-refractivity contribution in [1.82, 2.24) is 15.1 Å². The lowest BCUT2D eigenvalue weighted by atomic mass is 10.0. The van der Waals surface area contributed by atoms with E-state index in [-0.39, 0.29) is 42.1 Å². The monoisotopic (exact) mass is 419 g/mol. The van der Waals surface area contributed by atoms with E-state index in [2.05, 4.69) is 5.32 Å². The van der Waals surface area contributed by atoms with Gasteiger partial charge in [0.1, 0.15) is 0 Å². The van der Waals surface area contributed by atoms with Crippen LogP contribution in [0.15, 0.2) is 60.7 Å². The van der Waals surface area contributed by atoms with E-state index in [1.807, 2.05) is 60.4 Å². The number of carbonyl (C=O) groups is 3. The minimum atomic E-state index is -0.151. The Labute approximate surface area is 183 Å². The predicted octanol–water partition coefficient (Wildman–Crippen LogP) is 2.70. The summed E-state index contributed by atoms with van der Waals surface area (Å²) < 4.78 is 0. The van der Waals surface area contributed by atoms with Crippen molar-refractivity contribution in [1.29, 1.82) is 0 Å². The van der Waals surface area contributed by atoms with Crippen molar-refractivity contribution < 1.29 is 14.4 Å². The van der Waals surface area contributed by atoms with Gasteiger partial charge in [0.05, 0.1) is 6.54 Å². The summed E-state index contributed by atoms with van der Waals surface area (Å²) in [6.07, 6.45) is 1.32. The molecule has 3 atom stereocenters. The van der Waals surface area contributed by atoms with Gasteiger partial charge in [0.2, 0.25) is 11.8 Å². The molecule has 0 spiro atoms. The molecular weight excluding hydrogens is 390 g/mol. The molecule has 31 heavy (non-hydrogen) atoms. The zero-order chi connectivity index (χ0) is 21.8. The zero-order valence-corrected chi connectivity index (χ0v) is 17.9. The van der Waals surface area contributed by atoms with E-state index in [0.29, 0.717) is 38.0 Å². The number of benzene rings is 2. The molecule has 1 aliphatic heterocycles. The van der Waals surface area contributed by atoms with Crippen LogP contribution in [0.1, 0.15) is 35.7 Å². The summed E-state index contributed by atoms with van der Waals surface area (Å²) in [5.74, 6) is -0.198. The number of nitrogens with one attached hydrogen (secondary N) is 1. The molecule has 1 saturated carbocycles. The van der Waals surface area contributed by atoms with Crippen molar-refractivity contribution in [2.24, 2.45) is 11.8 Å². The topological polar surface area (TPSA) is 69.7 Å². The van der Waals surface area contributed by atoms with Crippen LogP contribution < -0.4 is 5.32 Å². The largest absolute Gasteiger partial charge is 0.351 e. The third-order valence-electron chi connectivity index (χ3n) is 6.40. The number of hydrogen-bond donors (Lipinski definition) is 1. The highest BCUT2D eigenvalue weighted by molar-refractivity contribution is 5.96. The Balaban J connectivity index is 1.44. The first-order valence-corrected chi connectivity index (χ1v) is 11.0. The lowest BCUT2D eigenvalue weighted by molar-refractivity contribution is -0.136. The van der Waals surface area contributed by atoms with Gasteiger partial charge in [-0.3, -0.25) is 14.4 Å². The fraction of sp³-hybridized carbons (Fsp3) is 0.400. The maximum Gasteiger partial charge on any atom is 0.254 e. The molecule has 1 heterocycles. The van der Waals surface area contributed by atoms with E-state index >= 15 is 0 Å². The van der Waals surface area contributed by atoms with E-state index in [1.54, 1.807) is 17.0 Å². The average molecular weight is 420 g/mol. The molecule has 1 saturated heterocycles. The number of hydrogen-bond acceptors (Lipinski definition) is 3. The van der Waals surface area contributed by atoms with Crippen molar-refractivity contribution in [3.8, 4) is 0 Å². The summed E-state index contributed by atoms with van der Waals surface area (Å²) in [6, 6.07) is 19.0. The molecule has 0 bridgehead atoms. The van der Waals surface area contributed by atoms with E-state index < -0.39 is 0 Å². The van der Waals surface area contributed by atoms with Gasteiger partial charge in [-0.15, -0.1) is 0 Å². The van der Waals surface area contributed by atoms with Crippen molar-refractivity contribution in [3.05, 3.63) is 71.8 Å². The lowest BCUT2D eigenvalue weighted by Crippen LogP contribution is -2.40. The highest BCUT2D eigenvalue weighted by atomic mass is 16.2. The third kappa shape index (κ3) is 4.79. The molecular formula is C25H29N3O3. The Kier molecular flexibility index (Phi) is 6.35. The third-order valence-corrected chi connectivity index (χ3v) is 6.40. The lowest BCUT2D eigenvalue weighted by Gasteiger charge is -2.25. The second kappa shape index (κ2) is 9.33. The highest BCUT2D eigenvalue weighted by Crippen LogP contribution is 2.35. The molecule has 3 amide bonds. The molecule has 2 aromatic rings. The second-order valence-electron chi connectivity index (χ2n) is 8.49. The van der Waals surface area contributed by atoms with Crippen LogP contribution in [0.2, 0.25) is 0 Å². The van der Waals surface area contributed by atoms with Gasteiger partial charge >= 0.3 is 0 Å². The Morgan fingerprint density at radius 3 is 2.39 bits per heavy atom. The van der Waals surface area contributed by atoms with Crippen LogP contribution in [-0.4, -0.2) is 53.2 Å². The first-order chi connectivity index (χ1) is 15.0. The van der Waals surface area contributed by atoms with Gasteiger partial charge in [0.25, 0.3) is 5.91 Å². The summed E-state index contributed by atoms with van der Waals surface area (Å²) in [5.41, 5.74) is 1.69. The van der Waals surface area contributed by atoms with Crippen LogP contribution in [0.5, 0.6) is 0 Å². The Morgan fingerprint density at radius 2 is 1.71 bits per heavy atom. The van der Waals surface area contributed by atoms with Crippen LogP contribution >= 0.6 is 0 Å². The smallest absolute Gasteiger partial charge is 0.254 e. The summed E-state index contributed by atoms with van der Waals surface area (Å²) >= 11 is 0. The van der Waals surface area contributed by atoms with Gasteiger partial charge in [0, 0.05) is 37.2 Å². The molecule has 0 unspecified atom stereocenters. The van der Waals surface area contributed by atoms with Crippen LogP contribution in [0, 0.1) is 11.8 Å². The number of rotatable bonds is 5. The van der Waals surface area contributed by atoms with Crippen molar-refractivity contribution >= 4 is 17.7 Å². The van der Waals surface area contributed by atoms with Crippen LogP contribution in [-0.2, 0) is 16.1 Å². The van der Waals surface area contributed by atoms with E-state index in [0.717, 1.165) is 5.56 Å². The fourth-order valence-corrected chi connectivity index (χ4v) is 4.80.